The summed E-state index contributed by atoms with van der Waals surface area (Å²) in [5, 5.41) is 11.1. The minimum atomic E-state index is -0.716. The van der Waals surface area contributed by atoms with Crippen LogP contribution in [0.3, 0.4) is 0 Å². The van der Waals surface area contributed by atoms with Gasteiger partial charge in [-0.1, -0.05) is 18.0 Å². The summed E-state index contributed by atoms with van der Waals surface area (Å²) < 4.78 is 1.04. The van der Waals surface area contributed by atoms with Gasteiger partial charge in [-0.15, -0.1) is 0 Å². The first-order valence-corrected chi connectivity index (χ1v) is 9.93. The molecule has 1 aliphatic rings. The van der Waals surface area contributed by atoms with Gasteiger partial charge >= 0.3 is 5.69 Å². The fraction of sp³-hybridized carbons (Fsp3) is 0.450. The van der Waals surface area contributed by atoms with Gasteiger partial charge < -0.3 is 10.0 Å². The lowest BCUT2D eigenvalue weighted by Gasteiger charge is -2.25. The molecule has 0 bridgehead atoms. The molecule has 3 rings (SSSR count). The summed E-state index contributed by atoms with van der Waals surface area (Å²) in [6.07, 6.45) is 4.68. The van der Waals surface area contributed by atoms with Gasteiger partial charge in [-0.25, -0.2) is 9.36 Å². The van der Waals surface area contributed by atoms with Gasteiger partial charge in [0, 0.05) is 17.3 Å². The molecule has 0 atom stereocenters. The quantitative estimate of drug-likeness (QED) is 0.571. The van der Waals surface area contributed by atoms with Crippen LogP contribution in [0.4, 0.5) is 0 Å². The molecular formula is C20H25ClN4O3. The van der Waals surface area contributed by atoms with Crippen molar-refractivity contribution in [3.05, 3.63) is 55.7 Å². The predicted octanol–water partition coefficient (Wildman–Crippen LogP) is 2.57. The zero-order valence-corrected chi connectivity index (χ0v) is 16.7. The fourth-order valence-corrected chi connectivity index (χ4v) is 3.61. The number of nitrogens with one attached hydrogen (secondary N) is 1. The van der Waals surface area contributed by atoms with Gasteiger partial charge in [0.1, 0.15) is 5.56 Å². The summed E-state index contributed by atoms with van der Waals surface area (Å²) in [6.45, 7) is 5.47. The summed E-state index contributed by atoms with van der Waals surface area (Å²) >= 11 is 5.88. The first kappa shape index (κ1) is 20.4. The number of nitrogens with zero attached hydrogens (tertiary/aromatic N) is 3. The number of aromatic amines is 1. The van der Waals surface area contributed by atoms with E-state index in [2.05, 4.69) is 14.9 Å². The van der Waals surface area contributed by atoms with E-state index in [1.807, 2.05) is 0 Å². The number of benzene rings is 1. The molecule has 2 heterocycles. The maximum Gasteiger partial charge on any atom is 0.335 e. The Morgan fingerprint density at radius 1 is 1.18 bits per heavy atom. The van der Waals surface area contributed by atoms with Gasteiger partial charge in [0.05, 0.1) is 5.69 Å². The highest BCUT2D eigenvalue weighted by atomic mass is 35.5. The van der Waals surface area contributed by atoms with Crippen molar-refractivity contribution in [2.24, 2.45) is 4.99 Å². The highest BCUT2D eigenvalue weighted by Gasteiger charge is 2.18. The Bertz CT molecular complexity index is 957. The average molecular weight is 405 g/mol. The molecule has 7 nitrogen and oxygen atoms in total. The molecule has 1 aliphatic heterocycles. The summed E-state index contributed by atoms with van der Waals surface area (Å²) in [5.41, 5.74) is -0.550. The van der Waals surface area contributed by atoms with Crippen LogP contribution in [0.25, 0.3) is 5.69 Å². The van der Waals surface area contributed by atoms with Crippen molar-refractivity contribution in [3.8, 4) is 11.6 Å². The Kier molecular flexibility index (Phi) is 6.70. The van der Waals surface area contributed by atoms with Gasteiger partial charge in [0.15, 0.2) is 0 Å². The smallest absolute Gasteiger partial charge is 0.335 e. The monoisotopic (exact) mass is 404 g/mol. The number of aromatic nitrogens is 2. The number of likely N-dealkylation sites (tertiary alicyclic amines) is 1. The van der Waals surface area contributed by atoms with Crippen LogP contribution in [0.1, 0.15) is 38.2 Å². The average Bonchev–Trinajstić information content (AvgIpc) is 2.67. The highest BCUT2D eigenvalue weighted by molar-refractivity contribution is 6.30. The maximum absolute atomic E-state index is 12.3. The molecule has 1 aromatic carbocycles. The lowest BCUT2D eigenvalue weighted by atomic mass is 10.1. The third kappa shape index (κ3) is 4.72. The van der Waals surface area contributed by atoms with Crippen molar-refractivity contribution >= 4 is 17.3 Å². The summed E-state index contributed by atoms with van der Waals surface area (Å²) in [6, 6.07) is 6.40. The van der Waals surface area contributed by atoms with E-state index in [4.69, 9.17) is 11.6 Å². The van der Waals surface area contributed by atoms with Crippen molar-refractivity contribution < 1.29 is 5.11 Å². The van der Waals surface area contributed by atoms with Crippen LogP contribution < -0.4 is 11.2 Å². The minimum Gasteiger partial charge on any atom is -0.493 e. The SMILES string of the molecule is CC(=NCCCN1CCCCC1)c1c(O)n(-c2ccc(Cl)cc2)c(=O)[nH]c1=O. The number of H-pyrrole nitrogens is 1. The summed E-state index contributed by atoms with van der Waals surface area (Å²) in [4.78, 5) is 33.6. The Morgan fingerprint density at radius 3 is 2.54 bits per heavy atom. The molecule has 0 aliphatic carbocycles. The van der Waals surface area contributed by atoms with Crippen LogP contribution in [-0.2, 0) is 0 Å². The van der Waals surface area contributed by atoms with E-state index in [1.165, 1.54) is 19.3 Å². The van der Waals surface area contributed by atoms with E-state index in [1.54, 1.807) is 31.2 Å². The van der Waals surface area contributed by atoms with Gasteiger partial charge in [-0.2, -0.15) is 0 Å². The molecule has 2 N–H and O–H groups in total. The molecule has 0 spiro atoms. The third-order valence-corrected chi connectivity index (χ3v) is 5.21. The van der Waals surface area contributed by atoms with Crippen LogP contribution in [0, 0.1) is 0 Å². The zero-order chi connectivity index (χ0) is 20.1. The van der Waals surface area contributed by atoms with Gasteiger partial charge in [0.25, 0.3) is 5.56 Å². The zero-order valence-electron chi connectivity index (χ0n) is 15.9. The first-order valence-electron chi connectivity index (χ1n) is 9.55. The molecule has 2 aromatic rings. The Balaban J connectivity index is 1.80. The minimum absolute atomic E-state index is 0.00697. The number of hydrogen-bond donors (Lipinski definition) is 2. The number of piperidine rings is 1. The second kappa shape index (κ2) is 9.21. The largest absolute Gasteiger partial charge is 0.493 e. The Morgan fingerprint density at radius 2 is 1.86 bits per heavy atom. The third-order valence-electron chi connectivity index (χ3n) is 4.96. The number of aromatic hydroxyl groups is 1. The topological polar surface area (TPSA) is 90.7 Å². The second-order valence-electron chi connectivity index (χ2n) is 6.99. The molecule has 0 unspecified atom stereocenters. The molecule has 0 saturated carbocycles. The first-order chi connectivity index (χ1) is 13.5. The maximum atomic E-state index is 12.3. The normalized spacial score (nSPS) is 15.7. The Hall–Kier alpha value is -2.38. The van der Waals surface area contributed by atoms with Crippen LogP contribution in [0.15, 0.2) is 38.8 Å². The molecule has 0 radical (unpaired) electrons. The molecule has 1 saturated heterocycles. The van der Waals surface area contributed by atoms with E-state index < -0.39 is 17.1 Å². The van der Waals surface area contributed by atoms with Gasteiger partial charge in [-0.3, -0.25) is 14.8 Å². The van der Waals surface area contributed by atoms with E-state index in [9.17, 15) is 14.7 Å². The summed E-state index contributed by atoms with van der Waals surface area (Å²) in [5.74, 6) is -0.423. The van der Waals surface area contributed by atoms with Crippen LogP contribution in [-0.4, -0.2) is 51.4 Å². The van der Waals surface area contributed by atoms with Crippen LogP contribution >= 0.6 is 11.6 Å². The number of rotatable bonds is 6. The lowest BCUT2D eigenvalue weighted by molar-refractivity contribution is 0.228. The van der Waals surface area contributed by atoms with Crippen molar-refractivity contribution in [2.45, 2.75) is 32.6 Å². The molecule has 150 valence electrons. The number of aliphatic imine (C=N–C) groups is 1. The lowest BCUT2D eigenvalue weighted by Crippen LogP contribution is -2.33. The standard InChI is InChI=1S/C20H25ClN4O3/c1-14(22-10-5-13-24-11-3-2-4-12-24)17-18(26)23-20(28)25(19(17)27)16-8-6-15(21)7-9-16/h6-9,27H,2-5,10-13H2,1H3,(H,23,26,28). The molecule has 0 amide bonds. The van der Waals surface area contributed by atoms with E-state index >= 15 is 0 Å². The Labute approximate surface area is 168 Å². The second-order valence-corrected chi connectivity index (χ2v) is 7.43. The molecule has 1 aromatic heterocycles. The van der Waals surface area contributed by atoms with Gasteiger partial charge in [-0.05, 0) is 70.1 Å². The van der Waals surface area contributed by atoms with Crippen molar-refractivity contribution in [2.75, 3.05) is 26.2 Å². The number of halogens is 1. The van der Waals surface area contributed by atoms with Crippen molar-refractivity contribution in [3.63, 3.8) is 0 Å². The van der Waals surface area contributed by atoms with Crippen molar-refractivity contribution in [1.82, 2.24) is 14.5 Å². The molecular weight excluding hydrogens is 380 g/mol. The summed E-state index contributed by atoms with van der Waals surface area (Å²) in [7, 11) is 0. The predicted molar refractivity (Wildman–Crippen MR) is 111 cm³/mol. The van der Waals surface area contributed by atoms with E-state index in [-0.39, 0.29) is 5.56 Å². The van der Waals surface area contributed by atoms with E-state index in [0.717, 1.165) is 30.6 Å². The van der Waals surface area contributed by atoms with Gasteiger partial charge in [0.2, 0.25) is 5.88 Å². The molecule has 1 fully saturated rings. The van der Waals surface area contributed by atoms with E-state index in [0.29, 0.717) is 23.0 Å². The number of hydrogen-bond acceptors (Lipinski definition) is 5. The molecule has 28 heavy (non-hydrogen) atoms. The van der Waals surface area contributed by atoms with Crippen LogP contribution in [0.5, 0.6) is 5.88 Å². The van der Waals surface area contributed by atoms with Crippen LogP contribution in [0.2, 0.25) is 5.02 Å². The van der Waals surface area contributed by atoms with Crippen molar-refractivity contribution in [1.29, 1.82) is 0 Å². The fourth-order valence-electron chi connectivity index (χ4n) is 3.48. The molecule has 8 heteroatoms. The highest BCUT2D eigenvalue weighted by Crippen LogP contribution is 2.19.